The molecular weight excluding hydrogens is 536 g/mol. The summed E-state index contributed by atoms with van der Waals surface area (Å²) in [6.07, 6.45) is 3.73. The summed E-state index contributed by atoms with van der Waals surface area (Å²) in [5.74, 6) is -0.742. The Bertz CT molecular complexity index is 765. The lowest BCUT2D eigenvalue weighted by Crippen LogP contribution is -2.55. The van der Waals surface area contributed by atoms with Gasteiger partial charge in [-0.05, 0) is 31.7 Å². The molecule has 0 saturated carbocycles. The van der Waals surface area contributed by atoms with E-state index in [1.54, 1.807) is 45.0 Å². The second-order valence-electron chi connectivity index (χ2n) is 11.3. The zero-order valence-electron chi connectivity index (χ0n) is 29.0. The molecule has 1 fully saturated rings. The minimum Gasteiger partial charge on any atom is -0.379 e. The Hall–Kier alpha value is -2.04. The Morgan fingerprint density at radius 1 is 1.05 bits per heavy atom. The number of nitrogens with one attached hydrogen (secondary N) is 2. The van der Waals surface area contributed by atoms with Crippen molar-refractivity contribution in [2.24, 2.45) is 17.8 Å². The topological polar surface area (TPSA) is 117 Å². The molecule has 248 valence electrons. The van der Waals surface area contributed by atoms with Crippen LogP contribution in [0.15, 0.2) is 0 Å². The van der Waals surface area contributed by atoms with Crippen LogP contribution in [0.2, 0.25) is 0 Å². The van der Waals surface area contributed by atoms with Crippen LogP contribution in [0.1, 0.15) is 94.4 Å². The summed E-state index contributed by atoms with van der Waals surface area (Å²) < 4.78 is 11.4. The molecule has 0 aliphatic carbocycles. The van der Waals surface area contributed by atoms with Gasteiger partial charge >= 0.3 is 0 Å². The molecule has 42 heavy (non-hydrogen) atoms. The van der Waals surface area contributed by atoms with Crippen molar-refractivity contribution < 1.29 is 28.7 Å². The number of carbonyl (C=O) groups is 4. The van der Waals surface area contributed by atoms with Gasteiger partial charge in [0, 0.05) is 33.7 Å². The van der Waals surface area contributed by atoms with Crippen molar-refractivity contribution in [1.82, 2.24) is 20.4 Å². The molecule has 0 aromatic carbocycles. The first-order valence-electron chi connectivity index (χ1n) is 15.9. The Labute approximate surface area is 257 Å². The number of carbonyl (C=O) groups excluding carboxylic acids is 4. The van der Waals surface area contributed by atoms with Crippen molar-refractivity contribution in [2.45, 2.75) is 125 Å². The van der Waals surface area contributed by atoms with Crippen molar-refractivity contribution in [3.8, 4) is 0 Å². The minimum absolute atomic E-state index is 0.0549. The van der Waals surface area contributed by atoms with E-state index in [0.717, 1.165) is 25.5 Å². The van der Waals surface area contributed by atoms with Gasteiger partial charge in [-0.1, -0.05) is 75.2 Å². The molecule has 1 heterocycles. The third kappa shape index (κ3) is 13.1. The number of aldehydes is 1. The van der Waals surface area contributed by atoms with E-state index in [-0.39, 0.29) is 72.7 Å². The van der Waals surface area contributed by atoms with Gasteiger partial charge < -0.3 is 34.7 Å². The molecule has 2 N–H and O–H groups in total. The highest BCUT2D eigenvalue weighted by molar-refractivity contribution is 5.87. The summed E-state index contributed by atoms with van der Waals surface area (Å²) in [4.78, 5) is 54.0. The predicted molar refractivity (Wildman–Crippen MR) is 170 cm³/mol. The van der Waals surface area contributed by atoms with E-state index < -0.39 is 6.10 Å². The highest BCUT2D eigenvalue weighted by Gasteiger charge is 2.40. The van der Waals surface area contributed by atoms with Gasteiger partial charge in [0.15, 0.2) is 0 Å². The highest BCUT2D eigenvalue weighted by Crippen LogP contribution is 2.28. The van der Waals surface area contributed by atoms with Gasteiger partial charge in [-0.15, -0.1) is 0 Å². The van der Waals surface area contributed by atoms with Crippen LogP contribution in [0.4, 0.5) is 0 Å². The summed E-state index contributed by atoms with van der Waals surface area (Å²) in [7, 11) is 6.55. The lowest BCUT2D eigenvalue weighted by molar-refractivity contribution is -0.144. The molecule has 3 amide bonds. The van der Waals surface area contributed by atoms with Crippen LogP contribution in [0.25, 0.3) is 0 Å². The van der Waals surface area contributed by atoms with Gasteiger partial charge in [0.2, 0.25) is 17.7 Å². The Balaban J connectivity index is 0. The largest absolute Gasteiger partial charge is 0.379 e. The summed E-state index contributed by atoms with van der Waals surface area (Å²) in [5, 5.41) is 5.72. The first-order valence-corrected chi connectivity index (χ1v) is 15.9. The van der Waals surface area contributed by atoms with Crippen molar-refractivity contribution in [2.75, 3.05) is 41.4 Å². The quantitative estimate of drug-likeness (QED) is 0.258. The molecule has 7 unspecified atom stereocenters. The summed E-state index contributed by atoms with van der Waals surface area (Å²) in [6, 6.07) is -0.922. The van der Waals surface area contributed by atoms with Gasteiger partial charge in [0.25, 0.3) is 0 Å². The molecule has 7 atom stereocenters. The number of rotatable bonds is 16. The maximum absolute atomic E-state index is 13.5. The van der Waals surface area contributed by atoms with Gasteiger partial charge in [-0.25, -0.2) is 0 Å². The van der Waals surface area contributed by atoms with E-state index in [0.29, 0.717) is 6.54 Å². The number of likely N-dealkylation sites (N-methyl/N-ethyl adjacent to an activating group) is 2. The molecule has 10 nitrogen and oxygen atoms in total. The number of likely N-dealkylation sites (tertiary alicyclic amines) is 1. The van der Waals surface area contributed by atoms with E-state index >= 15 is 0 Å². The fourth-order valence-corrected chi connectivity index (χ4v) is 5.45. The lowest BCUT2D eigenvalue weighted by atomic mass is 9.90. The van der Waals surface area contributed by atoms with Crippen LogP contribution in [-0.2, 0) is 28.7 Å². The molecule has 0 radical (unpaired) electrons. The van der Waals surface area contributed by atoms with Crippen molar-refractivity contribution in [3.05, 3.63) is 0 Å². The number of ether oxygens (including phenoxy) is 2. The molecular formula is C32H64N4O6. The summed E-state index contributed by atoms with van der Waals surface area (Å²) in [5.41, 5.74) is 0. The SMILES string of the molecule is CC.CCC.CCC(C)C(C(CC(=O)N1CCCC1C(OC)C(C)C=O)OC)N(C)C(=O)CNC(=O)C(NC)C(C)C. The number of nitrogens with zero attached hydrogens (tertiary/aromatic N) is 2. The van der Waals surface area contributed by atoms with Crippen LogP contribution in [0, 0.1) is 17.8 Å². The van der Waals surface area contributed by atoms with Gasteiger partial charge in [0.05, 0.1) is 43.3 Å². The molecule has 0 aromatic heterocycles. The summed E-state index contributed by atoms with van der Waals surface area (Å²) in [6.45, 7) is 18.5. The molecule has 1 rings (SSSR count). The third-order valence-corrected chi connectivity index (χ3v) is 7.80. The van der Waals surface area contributed by atoms with Crippen molar-refractivity contribution >= 4 is 24.0 Å². The Morgan fingerprint density at radius 2 is 1.62 bits per heavy atom. The third-order valence-electron chi connectivity index (χ3n) is 7.80. The number of amides is 3. The molecule has 1 saturated heterocycles. The predicted octanol–water partition coefficient (Wildman–Crippen LogP) is 3.91. The zero-order chi connectivity index (χ0) is 33.0. The van der Waals surface area contributed by atoms with Gasteiger partial charge in [0.1, 0.15) is 6.29 Å². The van der Waals surface area contributed by atoms with Gasteiger partial charge in [-0.3, -0.25) is 14.4 Å². The van der Waals surface area contributed by atoms with E-state index in [1.165, 1.54) is 6.42 Å². The number of hydrogen-bond acceptors (Lipinski definition) is 7. The molecule has 0 spiro atoms. The monoisotopic (exact) mass is 600 g/mol. The second-order valence-corrected chi connectivity index (χ2v) is 11.3. The fraction of sp³-hybridized carbons (Fsp3) is 0.875. The first kappa shape index (κ1) is 42.1. The van der Waals surface area contributed by atoms with E-state index in [4.69, 9.17) is 9.47 Å². The standard InChI is InChI=1S/C27H50N4O6.C3H8.C2H6/c1-10-18(4)25(30(7)23(34)15-29-27(35)24(28-6)17(2)3)21(36-8)14-22(33)31-13-11-12-20(31)26(37-9)19(5)16-32;1-3-2;1-2/h16-21,24-26,28H,10-15H2,1-9H3,(H,29,35);3H2,1-2H3;1-2H3. The van der Waals surface area contributed by atoms with E-state index in [9.17, 15) is 19.2 Å². The van der Waals surface area contributed by atoms with E-state index in [1.807, 2.05) is 41.5 Å². The number of methoxy groups -OCH3 is 2. The summed E-state index contributed by atoms with van der Waals surface area (Å²) >= 11 is 0. The Kier molecular flexibility index (Phi) is 23.5. The van der Waals surface area contributed by atoms with E-state index in [2.05, 4.69) is 24.5 Å². The lowest BCUT2D eigenvalue weighted by Gasteiger charge is -2.39. The minimum atomic E-state index is -0.529. The second kappa shape index (κ2) is 23.4. The Morgan fingerprint density at radius 3 is 2.05 bits per heavy atom. The van der Waals surface area contributed by atoms with Crippen LogP contribution in [-0.4, -0.2) is 106 Å². The van der Waals surface area contributed by atoms with Crippen LogP contribution in [0.3, 0.4) is 0 Å². The van der Waals surface area contributed by atoms with Crippen LogP contribution >= 0.6 is 0 Å². The first-order chi connectivity index (χ1) is 19.9. The number of hydrogen-bond donors (Lipinski definition) is 2. The molecule has 0 aromatic rings. The van der Waals surface area contributed by atoms with Crippen molar-refractivity contribution in [3.63, 3.8) is 0 Å². The van der Waals surface area contributed by atoms with Crippen LogP contribution < -0.4 is 10.6 Å². The maximum Gasteiger partial charge on any atom is 0.242 e. The highest BCUT2D eigenvalue weighted by atomic mass is 16.5. The normalized spacial score (nSPS) is 18.7. The molecule has 1 aliphatic rings. The van der Waals surface area contributed by atoms with Gasteiger partial charge in [-0.2, -0.15) is 0 Å². The van der Waals surface area contributed by atoms with Crippen molar-refractivity contribution in [1.29, 1.82) is 0 Å². The zero-order valence-corrected chi connectivity index (χ0v) is 29.0. The fourth-order valence-electron chi connectivity index (χ4n) is 5.45. The average Bonchev–Trinajstić information content (AvgIpc) is 3.46. The maximum atomic E-state index is 13.5. The molecule has 10 heteroatoms. The molecule has 1 aliphatic heterocycles. The smallest absolute Gasteiger partial charge is 0.242 e. The average molecular weight is 601 g/mol. The van der Waals surface area contributed by atoms with Crippen LogP contribution in [0.5, 0.6) is 0 Å². The molecule has 0 bridgehead atoms.